The highest BCUT2D eigenvalue weighted by Gasteiger charge is 2.99. The quantitative estimate of drug-likeness (QED) is 0.0968. The van der Waals surface area contributed by atoms with Gasteiger partial charge in [0.2, 0.25) is 0 Å². The third-order valence-electron chi connectivity index (χ3n) is 5.17. The van der Waals surface area contributed by atoms with E-state index in [1.807, 2.05) is 0 Å². The molecule has 0 aromatic heterocycles. The van der Waals surface area contributed by atoms with E-state index in [0.29, 0.717) is 0 Å². The number of carbonyl (C=O) groups is 2. The maximum Gasteiger partial charge on any atom is 0.394 e. The van der Waals surface area contributed by atoms with Gasteiger partial charge >= 0.3 is 82.9 Å². The standard InChI is InChI=1S/C14H6F24N4O2/c15-3(16,1(43)41-39)5(19,20)7(23,24)9(27,28)11(31,32)13(35,36)14(37,38)12(33,34)10(29,30)8(25,26)6(21,22)4(17,18)2(44)42-40/h39-40H2,(H,41,43)(H,42,44). The average Bonchev–Trinajstić information content (AvgIpc) is 2.85. The zero-order valence-corrected chi connectivity index (χ0v) is 19.0. The van der Waals surface area contributed by atoms with Crippen LogP contribution in [0.5, 0.6) is 0 Å². The molecule has 0 unspecified atom stereocenters. The zero-order valence-electron chi connectivity index (χ0n) is 19.0. The Labute approximate surface area is 221 Å². The lowest BCUT2D eigenvalue weighted by Crippen LogP contribution is -2.79. The molecule has 2 amide bonds. The van der Waals surface area contributed by atoms with Gasteiger partial charge in [0.05, 0.1) is 0 Å². The maximum atomic E-state index is 13.7. The van der Waals surface area contributed by atoms with E-state index in [9.17, 15) is 115 Å². The summed E-state index contributed by atoms with van der Waals surface area (Å²) in [7, 11) is 0. The molecule has 0 saturated carbocycles. The summed E-state index contributed by atoms with van der Waals surface area (Å²) in [6, 6.07) is 0. The number of halogens is 24. The van der Waals surface area contributed by atoms with Gasteiger partial charge in [-0.15, -0.1) is 0 Å². The van der Waals surface area contributed by atoms with Crippen LogP contribution in [0.3, 0.4) is 0 Å². The summed E-state index contributed by atoms with van der Waals surface area (Å²) in [5, 5.41) is 0. The first-order chi connectivity index (χ1) is 18.7. The molecular weight excluding hydrogens is 712 g/mol. The molecule has 0 aliphatic rings. The van der Waals surface area contributed by atoms with E-state index in [-0.39, 0.29) is 10.9 Å². The van der Waals surface area contributed by atoms with Gasteiger partial charge in [0.1, 0.15) is 0 Å². The van der Waals surface area contributed by atoms with Crippen molar-refractivity contribution in [3.05, 3.63) is 0 Å². The molecule has 0 spiro atoms. The minimum atomic E-state index is -9.68. The first-order valence-corrected chi connectivity index (χ1v) is 9.27. The number of hydrogen-bond acceptors (Lipinski definition) is 4. The van der Waals surface area contributed by atoms with Crippen LogP contribution < -0.4 is 22.5 Å². The molecule has 44 heavy (non-hydrogen) atoms. The summed E-state index contributed by atoms with van der Waals surface area (Å²) in [4.78, 5) is 21.0. The van der Waals surface area contributed by atoms with E-state index in [4.69, 9.17) is 0 Å². The van der Waals surface area contributed by atoms with Gasteiger partial charge in [-0.05, 0) is 0 Å². The zero-order chi connectivity index (χ0) is 36.6. The van der Waals surface area contributed by atoms with Crippen molar-refractivity contribution in [1.29, 1.82) is 0 Å². The van der Waals surface area contributed by atoms with E-state index in [1.165, 1.54) is 0 Å². The monoisotopic (exact) mass is 718 g/mol. The Kier molecular flexibility index (Phi) is 9.69. The van der Waals surface area contributed by atoms with Crippen molar-refractivity contribution in [2.75, 3.05) is 0 Å². The van der Waals surface area contributed by atoms with Crippen LogP contribution in [-0.2, 0) is 9.59 Å². The third-order valence-corrected chi connectivity index (χ3v) is 5.17. The highest BCUT2D eigenvalue weighted by Crippen LogP contribution is 2.67. The van der Waals surface area contributed by atoms with Gasteiger partial charge in [0, 0.05) is 0 Å². The first-order valence-electron chi connectivity index (χ1n) is 9.27. The SMILES string of the molecule is NNC(=O)C(F)(F)C(F)(F)C(F)(F)C(F)(F)C(F)(F)C(F)(F)C(F)(F)C(F)(F)C(F)(F)C(F)(F)C(F)(F)C(F)(F)C(=O)NN. The number of carbonyl (C=O) groups excluding carboxylic acids is 2. The Morgan fingerprint density at radius 2 is 0.409 bits per heavy atom. The van der Waals surface area contributed by atoms with Crippen molar-refractivity contribution in [3.8, 4) is 0 Å². The average molecular weight is 718 g/mol. The second-order valence-electron chi connectivity index (χ2n) is 7.84. The maximum absolute atomic E-state index is 13.7. The molecule has 0 saturated heterocycles. The van der Waals surface area contributed by atoms with Gasteiger partial charge in [0.25, 0.3) is 0 Å². The van der Waals surface area contributed by atoms with Crippen LogP contribution >= 0.6 is 0 Å². The van der Waals surface area contributed by atoms with Crippen LogP contribution in [0.4, 0.5) is 105 Å². The fourth-order valence-corrected chi connectivity index (χ4v) is 2.44. The fraction of sp³-hybridized carbons (Fsp3) is 0.857. The molecule has 0 aliphatic heterocycles. The van der Waals surface area contributed by atoms with E-state index in [2.05, 4.69) is 11.7 Å². The Bertz CT molecular complexity index is 1030. The van der Waals surface area contributed by atoms with Crippen molar-refractivity contribution < 1.29 is 115 Å². The summed E-state index contributed by atoms with van der Waals surface area (Å²) >= 11 is 0. The summed E-state index contributed by atoms with van der Waals surface area (Å²) in [5.41, 5.74) is -0.382. The minimum absolute atomic E-state index is 0.191. The van der Waals surface area contributed by atoms with Crippen LogP contribution in [0.1, 0.15) is 0 Å². The molecule has 30 heteroatoms. The third kappa shape index (κ3) is 4.54. The van der Waals surface area contributed by atoms with Crippen LogP contribution in [0.15, 0.2) is 0 Å². The topological polar surface area (TPSA) is 110 Å². The lowest BCUT2D eigenvalue weighted by Gasteiger charge is -2.45. The van der Waals surface area contributed by atoms with Crippen molar-refractivity contribution in [2.24, 2.45) is 11.7 Å². The molecule has 6 N–H and O–H groups in total. The Morgan fingerprint density at radius 1 is 0.295 bits per heavy atom. The first kappa shape index (κ1) is 41.2. The van der Waals surface area contributed by atoms with E-state index < -0.39 is 82.9 Å². The predicted molar refractivity (Wildman–Crippen MR) is 84.0 cm³/mol. The smallest absolute Gasteiger partial charge is 0.289 e. The molecule has 0 aromatic carbocycles. The van der Waals surface area contributed by atoms with Gasteiger partial charge in [-0.25, -0.2) is 11.7 Å². The molecule has 0 heterocycles. The number of hydrogen-bond donors (Lipinski definition) is 4. The Balaban J connectivity index is 7.47. The number of rotatable bonds is 13. The summed E-state index contributed by atoms with van der Waals surface area (Å²) < 4.78 is 325. The van der Waals surface area contributed by atoms with Gasteiger partial charge in [-0.3, -0.25) is 20.4 Å². The molecule has 0 aliphatic carbocycles. The summed E-state index contributed by atoms with van der Waals surface area (Å²) in [6.07, 6.45) is 0. The molecule has 0 fully saturated rings. The molecule has 0 bridgehead atoms. The Morgan fingerprint density at radius 3 is 0.523 bits per heavy atom. The van der Waals surface area contributed by atoms with Crippen LogP contribution in [-0.4, -0.2) is 82.9 Å². The van der Waals surface area contributed by atoms with Crippen molar-refractivity contribution in [1.82, 2.24) is 10.9 Å². The van der Waals surface area contributed by atoms with Gasteiger partial charge in [-0.1, -0.05) is 0 Å². The highest BCUT2D eigenvalue weighted by atomic mass is 19.4. The molecule has 0 radical (unpaired) electrons. The number of amides is 2. The van der Waals surface area contributed by atoms with Crippen LogP contribution in [0.25, 0.3) is 0 Å². The molecule has 6 nitrogen and oxygen atoms in total. The van der Waals surface area contributed by atoms with Gasteiger partial charge < -0.3 is 0 Å². The normalized spacial score (nSPS) is 16.1. The molecule has 0 aromatic rings. The van der Waals surface area contributed by atoms with Crippen LogP contribution in [0, 0.1) is 0 Å². The number of nitrogens with two attached hydrogens (primary N) is 2. The predicted octanol–water partition coefficient (Wildman–Crippen LogP) is 4.59. The number of hydrazine groups is 2. The van der Waals surface area contributed by atoms with Crippen molar-refractivity contribution in [3.63, 3.8) is 0 Å². The molecular formula is C14H6F24N4O2. The van der Waals surface area contributed by atoms with E-state index in [1.54, 1.807) is 0 Å². The highest BCUT2D eigenvalue weighted by molar-refractivity contribution is 5.84. The van der Waals surface area contributed by atoms with E-state index in [0.717, 1.165) is 0 Å². The molecule has 0 rings (SSSR count). The number of alkyl halides is 24. The van der Waals surface area contributed by atoms with Crippen molar-refractivity contribution >= 4 is 11.8 Å². The van der Waals surface area contributed by atoms with Crippen LogP contribution in [0.2, 0.25) is 0 Å². The van der Waals surface area contributed by atoms with E-state index >= 15 is 0 Å². The minimum Gasteiger partial charge on any atom is -0.289 e. The lowest BCUT2D eigenvalue weighted by atomic mass is 9.84. The molecule has 262 valence electrons. The summed E-state index contributed by atoms with van der Waals surface area (Å²) in [6.45, 7) is 0. The second kappa shape index (κ2) is 10.4. The largest absolute Gasteiger partial charge is 0.394 e. The Hall–Kier alpha value is -2.82. The van der Waals surface area contributed by atoms with Gasteiger partial charge in [0.15, 0.2) is 0 Å². The van der Waals surface area contributed by atoms with Gasteiger partial charge in [-0.2, -0.15) is 105 Å². The lowest BCUT2D eigenvalue weighted by molar-refractivity contribution is -0.476. The second-order valence-corrected chi connectivity index (χ2v) is 7.84. The summed E-state index contributed by atoms with van der Waals surface area (Å²) in [5.74, 6) is -108. The fourth-order valence-electron chi connectivity index (χ4n) is 2.44. The van der Waals surface area contributed by atoms with Crippen molar-refractivity contribution in [2.45, 2.75) is 71.1 Å². The molecule has 0 atom stereocenters. The number of nitrogens with one attached hydrogen (secondary N) is 2.